The SMILES string of the molecule is Cc1cc(OP(=O)(N[C@@H](C)C(=O)OC(C)C)OC[C@H]2O[C@@H](n3ccc(=O)[nH]c3=O)[C@](C)(F)[C@@H]2O)ccc1-c1ncccc1F. The van der Waals surface area contributed by atoms with Gasteiger partial charge in [0, 0.05) is 24.0 Å². The molecule has 3 heterocycles. The molecule has 0 radical (unpaired) electrons. The van der Waals surface area contributed by atoms with Crippen LogP contribution in [0.2, 0.25) is 0 Å². The average molecular weight is 639 g/mol. The molecular formula is C28H33F2N4O9P. The molecule has 1 unspecified atom stereocenters. The third-order valence-electron chi connectivity index (χ3n) is 6.72. The fourth-order valence-electron chi connectivity index (χ4n) is 4.53. The number of nitrogens with zero attached hydrogens (tertiary/aromatic N) is 2. The van der Waals surface area contributed by atoms with E-state index in [1.165, 1.54) is 43.5 Å². The summed E-state index contributed by atoms with van der Waals surface area (Å²) in [5.41, 5.74) is -3.18. The fraction of sp³-hybridized carbons (Fsp3) is 0.429. The van der Waals surface area contributed by atoms with Crippen molar-refractivity contribution >= 4 is 13.7 Å². The minimum atomic E-state index is -4.51. The first-order valence-corrected chi connectivity index (χ1v) is 15.1. The highest BCUT2D eigenvalue weighted by atomic mass is 31.2. The van der Waals surface area contributed by atoms with Gasteiger partial charge < -0.3 is 19.1 Å². The Bertz CT molecular complexity index is 1680. The minimum Gasteiger partial charge on any atom is -0.462 e. The highest BCUT2D eigenvalue weighted by molar-refractivity contribution is 7.52. The Labute approximate surface area is 250 Å². The molecule has 16 heteroatoms. The number of nitrogens with one attached hydrogen (secondary N) is 2. The molecule has 0 bridgehead atoms. The monoisotopic (exact) mass is 638 g/mol. The number of alkyl halides is 1. The molecule has 4 rings (SSSR count). The Kier molecular flexibility index (Phi) is 9.86. The van der Waals surface area contributed by atoms with Crippen molar-refractivity contribution in [2.45, 2.75) is 70.9 Å². The Hall–Kier alpha value is -3.75. The first kappa shape index (κ1) is 33.1. The molecule has 0 amide bonds. The number of carbonyl (C=O) groups is 1. The van der Waals surface area contributed by atoms with Gasteiger partial charge in [-0.25, -0.2) is 18.1 Å². The van der Waals surface area contributed by atoms with Gasteiger partial charge in [0.15, 0.2) is 11.9 Å². The predicted molar refractivity (Wildman–Crippen MR) is 153 cm³/mol. The van der Waals surface area contributed by atoms with Gasteiger partial charge in [0.05, 0.1) is 12.7 Å². The van der Waals surface area contributed by atoms with Crippen LogP contribution in [0.3, 0.4) is 0 Å². The summed E-state index contributed by atoms with van der Waals surface area (Å²) in [6, 6.07) is 6.83. The van der Waals surface area contributed by atoms with E-state index in [9.17, 15) is 28.4 Å². The normalized spacial score (nSPS) is 23.7. The maximum absolute atomic E-state index is 15.6. The Balaban J connectivity index is 1.59. The van der Waals surface area contributed by atoms with Crippen LogP contribution in [0.5, 0.6) is 5.75 Å². The summed E-state index contributed by atoms with van der Waals surface area (Å²) < 4.78 is 66.8. The van der Waals surface area contributed by atoms with Crippen molar-refractivity contribution in [1.29, 1.82) is 0 Å². The van der Waals surface area contributed by atoms with Gasteiger partial charge in [-0.15, -0.1) is 0 Å². The van der Waals surface area contributed by atoms with Crippen molar-refractivity contribution in [3.8, 4) is 17.0 Å². The zero-order valence-corrected chi connectivity index (χ0v) is 25.4. The lowest BCUT2D eigenvalue weighted by Crippen LogP contribution is -2.43. The standard InChI is InChI=1S/C28H33F2N4O9P/c1-15(2)41-25(37)17(4)33-44(39,43-18-8-9-19(16(3)13-18)23-20(29)7-6-11-31-23)40-14-21-24(36)28(5,30)26(42-21)34-12-10-22(35)32-27(34)38/h6-13,15,17,21,24,26,36H,14H2,1-5H3,(H,33,39)(H,32,35,38)/t17-,21+,24+,26+,28+,44?/m0/s1. The number of aliphatic hydroxyl groups is 1. The van der Waals surface area contributed by atoms with Crippen molar-refractivity contribution in [1.82, 2.24) is 19.6 Å². The largest absolute Gasteiger partial charge is 0.462 e. The number of aromatic amines is 1. The number of hydrogen-bond acceptors (Lipinski definition) is 10. The number of carbonyl (C=O) groups excluding carboxylic acids is 1. The van der Waals surface area contributed by atoms with E-state index in [1.54, 1.807) is 20.8 Å². The Morgan fingerprint density at radius 2 is 2.00 bits per heavy atom. The van der Waals surface area contributed by atoms with Crippen LogP contribution in [0.4, 0.5) is 8.78 Å². The minimum absolute atomic E-state index is 0.00346. The zero-order valence-electron chi connectivity index (χ0n) is 24.5. The summed E-state index contributed by atoms with van der Waals surface area (Å²) in [5.74, 6) is -1.31. The molecule has 1 aliphatic rings. The number of pyridine rings is 1. The number of H-pyrrole nitrogens is 1. The van der Waals surface area contributed by atoms with Crippen molar-refractivity contribution in [3.63, 3.8) is 0 Å². The van der Waals surface area contributed by atoms with Gasteiger partial charge in [-0.2, -0.15) is 5.09 Å². The van der Waals surface area contributed by atoms with Crippen LogP contribution in [-0.4, -0.2) is 62.2 Å². The predicted octanol–water partition coefficient (Wildman–Crippen LogP) is 3.17. The summed E-state index contributed by atoms with van der Waals surface area (Å²) in [6.07, 6.45) is -3.05. The smallest absolute Gasteiger partial charge is 0.459 e. The summed E-state index contributed by atoms with van der Waals surface area (Å²) in [4.78, 5) is 42.3. The third kappa shape index (κ3) is 7.30. The molecule has 3 N–H and O–H groups in total. The first-order valence-electron chi connectivity index (χ1n) is 13.6. The molecule has 0 saturated carbocycles. The second-order valence-electron chi connectivity index (χ2n) is 10.7. The molecule has 44 heavy (non-hydrogen) atoms. The maximum Gasteiger partial charge on any atom is 0.459 e. The molecule has 238 valence electrons. The van der Waals surface area contributed by atoms with Crippen molar-refractivity contribution in [2.75, 3.05) is 6.61 Å². The van der Waals surface area contributed by atoms with Crippen molar-refractivity contribution < 1.29 is 41.8 Å². The maximum atomic E-state index is 15.6. The molecule has 1 aliphatic heterocycles. The number of aromatic nitrogens is 3. The van der Waals surface area contributed by atoms with Gasteiger partial charge in [0.1, 0.15) is 35.5 Å². The van der Waals surface area contributed by atoms with Crippen LogP contribution in [0, 0.1) is 12.7 Å². The molecule has 1 fully saturated rings. The molecule has 1 aromatic carbocycles. The number of ether oxygens (including phenoxy) is 2. The lowest BCUT2D eigenvalue weighted by atomic mass is 9.98. The van der Waals surface area contributed by atoms with Crippen LogP contribution in [-0.2, 0) is 23.4 Å². The van der Waals surface area contributed by atoms with E-state index >= 15 is 4.39 Å². The van der Waals surface area contributed by atoms with Gasteiger partial charge in [0.2, 0.25) is 0 Å². The molecular weight excluding hydrogens is 605 g/mol. The van der Waals surface area contributed by atoms with Crippen LogP contribution in [0.15, 0.2) is 58.4 Å². The third-order valence-corrected chi connectivity index (χ3v) is 8.37. The van der Waals surface area contributed by atoms with E-state index in [2.05, 4.69) is 10.1 Å². The lowest BCUT2D eigenvalue weighted by Gasteiger charge is -2.25. The van der Waals surface area contributed by atoms with Gasteiger partial charge in [-0.05, 0) is 70.5 Å². The molecule has 2 aromatic heterocycles. The summed E-state index contributed by atoms with van der Waals surface area (Å²) in [7, 11) is -4.51. The Morgan fingerprint density at radius 1 is 1.27 bits per heavy atom. The summed E-state index contributed by atoms with van der Waals surface area (Å²) in [6.45, 7) is 6.54. The molecule has 0 spiro atoms. The summed E-state index contributed by atoms with van der Waals surface area (Å²) in [5, 5.41) is 13.2. The van der Waals surface area contributed by atoms with Gasteiger partial charge in [0.25, 0.3) is 5.56 Å². The Morgan fingerprint density at radius 3 is 2.64 bits per heavy atom. The van der Waals surface area contributed by atoms with E-state index in [-0.39, 0.29) is 11.4 Å². The average Bonchev–Trinajstić information content (AvgIpc) is 3.15. The number of hydrogen-bond donors (Lipinski definition) is 3. The lowest BCUT2D eigenvalue weighted by molar-refractivity contribution is -0.149. The van der Waals surface area contributed by atoms with Crippen LogP contribution in [0.25, 0.3) is 11.3 Å². The molecule has 13 nitrogen and oxygen atoms in total. The van der Waals surface area contributed by atoms with Crippen LogP contribution < -0.4 is 20.9 Å². The highest BCUT2D eigenvalue weighted by Gasteiger charge is 2.56. The second kappa shape index (κ2) is 13.1. The number of aliphatic hydroxyl groups excluding tert-OH is 1. The number of benzene rings is 1. The molecule has 0 aliphatic carbocycles. The number of aryl methyl sites for hydroxylation is 1. The van der Waals surface area contributed by atoms with Gasteiger partial charge in [-0.3, -0.25) is 28.6 Å². The quantitative estimate of drug-likeness (QED) is 0.208. The number of halogens is 2. The molecule has 1 saturated heterocycles. The van der Waals surface area contributed by atoms with Crippen molar-refractivity contribution in [3.05, 3.63) is 81.0 Å². The van der Waals surface area contributed by atoms with E-state index in [0.717, 1.165) is 23.8 Å². The molecule has 3 aromatic rings. The van der Waals surface area contributed by atoms with Gasteiger partial charge >= 0.3 is 19.4 Å². The van der Waals surface area contributed by atoms with E-state index in [0.29, 0.717) is 11.1 Å². The zero-order chi connectivity index (χ0) is 32.4. The van der Waals surface area contributed by atoms with Crippen molar-refractivity contribution in [2.24, 2.45) is 0 Å². The first-order chi connectivity index (χ1) is 20.6. The van der Waals surface area contributed by atoms with Crippen LogP contribution >= 0.6 is 7.75 Å². The van der Waals surface area contributed by atoms with E-state index in [4.69, 9.17) is 18.5 Å². The number of esters is 1. The van der Waals surface area contributed by atoms with Gasteiger partial charge in [-0.1, -0.05) is 0 Å². The van der Waals surface area contributed by atoms with E-state index in [1.807, 2.05) is 4.98 Å². The van der Waals surface area contributed by atoms with E-state index < -0.39 is 73.6 Å². The topological polar surface area (TPSA) is 171 Å². The number of rotatable bonds is 11. The molecule has 6 atom stereocenters. The summed E-state index contributed by atoms with van der Waals surface area (Å²) >= 11 is 0. The fourth-order valence-corrected chi connectivity index (χ4v) is 6.02. The second-order valence-corrected chi connectivity index (χ2v) is 12.4. The highest BCUT2D eigenvalue weighted by Crippen LogP contribution is 2.48. The van der Waals surface area contributed by atoms with Crippen LogP contribution in [0.1, 0.15) is 39.5 Å².